The second-order valence-corrected chi connectivity index (χ2v) is 6.93. The Bertz CT molecular complexity index is 1420. The Kier molecular flexibility index (Phi) is 4.36. The van der Waals surface area contributed by atoms with Gasteiger partial charge in [-0.2, -0.15) is 0 Å². The molecule has 1 aromatic heterocycles. The van der Waals surface area contributed by atoms with Crippen LogP contribution in [0.15, 0.2) is 75.9 Å². The van der Waals surface area contributed by atoms with Gasteiger partial charge in [0.25, 0.3) is 11.8 Å². The predicted molar refractivity (Wildman–Crippen MR) is 114 cm³/mol. The number of carbonyl (C=O) groups is 2. The minimum Gasteiger partial charge on any atom is -0.492 e. The number of imide groups is 1. The summed E-state index contributed by atoms with van der Waals surface area (Å²) in [5.41, 5.74) is 1.27. The maximum Gasteiger partial charge on any atom is 0.347 e. The number of ether oxygens (including phenoxy) is 1. The second kappa shape index (κ2) is 7.21. The SMILES string of the molecule is CCOc1ccccc1N1C(=O)c2ccc(-c3nc4ccccc4c(=O)o3)cc2C1=O. The third-order valence-electron chi connectivity index (χ3n) is 5.07. The lowest BCUT2D eigenvalue weighted by Gasteiger charge is -2.17. The van der Waals surface area contributed by atoms with Crippen molar-refractivity contribution in [3.05, 3.63) is 88.3 Å². The first-order valence-corrected chi connectivity index (χ1v) is 9.73. The Morgan fingerprint density at radius 1 is 0.903 bits per heavy atom. The maximum absolute atomic E-state index is 13.2. The van der Waals surface area contributed by atoms with E-state index < -0.39 is 17.4 Å². The number of amides is 2. The molecular weight excluding hydrogens is 396 g/mol. The number of rotatable bonds is 4. The molecule has 152 valence electrons. The summed E-state index contributed by atoms with van der Waals surface area (Å²) in [4.78, 5) is 44.0. The lowest BCUT2D eigenvalue weighted by atomic mass is 10.1. The number of para-hydroxylation sites is 3. The van der Waals surface area contributed by atoms with Crippen molar-refractivity contribution in [2.75, 3.05) is 11.5 Å². The normalized spacial score (nSPS) is 13.0. The van der Waals surface area contributed by atoms with Gasteiger partial charge in [0, 0.05) is 5.56 Å². The molecule has 0 saturated carbocycles. The zero-order valence-electron chi connectivity index (χ0n) is 16.5. The third kappa shape index (κ3) is 2.98. The van der Waals surface area contributed by atoms with E-state index in [-0.39, 0.29) is 17.0 Å². The highest BCUT2D eigenvalue weighted by Gasteiger charge is 2.38. The predicted octanol–water partition coefficient (Wildman–Crippen LogP) is 4.05. The number of fused-ring (bicyclic) bond motifs is 2. The summed E-state index contributed by atoms with van der Waals surface area (Å²) in [6.45, 7) is 2.23. The molecule has 7 heteroatoms. The van der Waals surface area contributed by atoms with Crippen LogP contribution in [-0.2, 0) is 0 Å². The van der Waals surface area contributed by atoms with Crippen molar-refractivity contribution in [3.63, 3.8) is 0 Å². The summed E-state index contributed by atoms with van der Waals surface area (Å²) in [7, 11) is 0. The maximum atomic E-state index is 13.2. The first kappa shape index (κ1) is 18.7. The highest BCUT2D eigenvalue weighted by Crippen LogP contribution is 2.36. The number of carbonyl (C=O) groups excluding carboxylic acids is 2. The van der Waals surface area contributed by atoms with Crippen molar-refractivity contribution in [1.29, 1.82) is 0 Å². The molecule has 2 amide bonds. The summed E-state index contributed by atoms with van der Waals surface area (Å²) in [5.74, 6) is -0.384. The Labute approximate surface area is 176 Å². The molecule has 31 heavy (non-hydrogen) atoms. The Morgan fingerprint density at radius 2 is 1.65 bits per heavy atom. The number of anilines is 1. The first-order chi connectivity index (χ1) is 15.1. The first-order valence-electron chi connectivity index (χ1n) is 9.73. The molecule has 1 aliphatic heterocycles. The molecule has 4 aromatic rings. The van der Waals surface area contributed by atoms with Crippen molar-refractivity contribution in [2.45, 2.75) is 6.92 Å². The molecule has 1 aliphatic rings. The van der Waals surface area contributed by atoms with Crippen LogP contribution in [0.1, 0.15) is 27.6 Å². The molecule has 7 nitrogen and oxygen atoms in total. The standard InChI is InChI=1S/C24H16N2O5/c1-2-30-20-10-6-5-9-19(20)26-22(27)15-12-11-14(13-17(15)23(26)28)21-25-18-8-4-3-7-16(18)24(29)31-21/h3-13H,2H2,1H3. The van der Waals surface area contributed by atoms with Crippen molar-refractivity contribution < 1.29 is 18.7 Å². The van der Waals surface area contributed by atoms with Gasteiger partial charge in [-0.05, 0) is 49.4 Å². The van der Waals surface area contributed by atoms with Gasteiger partial charge in [-0.15, -0.1) is 0 Å². The zero-order chi connectivity index (χ0) is 21.5. The molecule has 0 bridgehead atoms. The molecule has 3 aromatic carbocycles. The molecule has 0 aliphatic carbocycles. The van der Waals surface area contributed by atoms with Gasteiger partial charge in [-0.1, -0.05) is 24.3 Å². The van der Waals surface area contributed by atoms with Crippen molar-refractivity contribution >= 4 is 28.4 Å². The molecule has 2 heterocycles. The van der Waals surface area contributed by atoms with Crippen LogP contribution in [0.2, 0.25) is 0 Å². The fourth-order valence-corrected chi connectivity index (χ4v) is 3.65. The van der Waals surface area contributed by atoms with E-state index in [1.54, 1.807) is 60.7 Å². The summed E-state index contributed by atoms with van der Waals surface area (Å²) in [6.07, 6.45) is 0. The minimum absolute atomic E-state index is 0.0833. The summed E-state index contributed by atoms with van der Waals surface area (Å²) in [5, 5.41) is 0.373. The molecule has 0 spiro atoms. The number of hydrogen-bond acceptors (Lipinski definition) is 6. The van der Waals surface area contributed by atoms with Crippen LogP contribution in [-0.4, -0.2) is 23.4 Å². The van der Waals surface area contributed by atoms with Crippen LogP contribution >= 0.6 is 0 Å². The lowest BCUT2D eigenvalue weighted by Crippen LogP contribution is -2.29. The summed E-state index contributed by atoms with van der Waals surface area (Å²) >= 11 is 0. The number of hydrogen-bond donors (Lipinski definition) is 0. The van der Waals surface area contributed by atoms with Crippen molar-refractivity contribution in [2.24, 2.45) is 0 Å². The molecule has 0 unspecified atom stereocenters. The van der Waals surface area contributed by atoms with E-state index >= 15 is 0 Å². The van der Waals surface area contributed by atoms with Gasteiger partial charge in [-0.3, -0.25) is 9.59 Å². The molecule has 0 radical (unpaired) electrons. The van der Waals surface area contributed by atoms with Crippen molar-refractivity contribution in [3.8, 4) is 17.2 Å². The van der Waals surface area contributed by atoms with E-state index in [2.05, 4.69) is 4.98 Å². The smallest absolute Gasteiger partial charge is 0.347 e. The van der Waals surface area contributed by atoms with Crippen LogP contribution in [0.25, 0.3) is 22.4 Å². The number of benzene rings is 3. The van der Waals surface area contributed by atoms with Gasteiger partial charge in [0.1, 0.15) is 5.75 Å². The van der Waals surface area contributed by atoms with Crippen LogP contribution in [0.5, 0.6) is 5.75 Å². The molecule has 0 saturated heterocycles. The Morgan fingerprint density at radius 3 is 2.48 bits per heavy atom. The second-order valence-electron chi connectivity index (χ2n) is 6.93. The fourth-order valence-electron chi connectivity index (χ4n) is 3.65. The molecule has 5 rings (SSSR count). The molecule has 0 atom stereocenters. The van der Waals surface area contributed by atoms with E-state index in [1.165, 1.54) is 6.07 Å². The Hall–Kier alpha value is -4.26. The molecular formula is C24H16N2O5. The molecule has 0 fully saturated rings. The van der Waals surface area contributed by atoms with Crippen LogP contribution < -0.4 is 15.3 Å². The average Bonchev–Trinajstić information content (AvgIpc) is 3.04. The fraction of sp³-hybridized carbons (Fsp3) is 0.0833. The van der Waals surface area contributed by atoms with E-state index in [9.17, 15) is 14.4 Å². The minimum atomic E-state index is -0.518. The summed E-state index contributed by atoms with van der Waals surface area (Å²) in [6, 6.07) is 18.4. The number of nitrogens with zero attached hydrogens (tertiary/aromatic N) is 2. The van der Waals surface area contributed by atoms with Gasteiger partial charge in [0.2, 0.25) is 5.89 Å². The topological polar surface area (TPSA) is 89.7 Å². The van der Waals surface area contributed by atoms with Gasteiger partial charge >= 0.3 is 5.63 Å². The van der Waals surface area contributed by atoms with E-state index in [1.807, 2.05) is 6.92 Å². The average molecular weight is 412 g/mol. The van der Waals surface area contributed by atoms with E-state index in [0.29, 0.717) is 34.5 Å². The van der Waals surface area contributed by atoms with Gasteiger partial charge in [0.15, 0.2) is 0 Å². The monoisotopic (exact) mass is 412 g/mol. The highest BCUT2D eigenvalue weighted by molar-refractivity contribution is 6.35. The zero-order valence-corrected chi connectivity index (χ0v) is 16.5. The largest absolute Gasteiger partial charge is 0.492 e. The van der Waals surface area contributed by atoms with Crippen molar-refractivity contribution in [1.82, 2.24) is 4.98 Å². The molecule has 0 N–H and O–H groups in total. The van der Waals surface area contributed by atoms with Gasteiger partial charge in [-0.25, -0.2) is 14.7 Å². The third-order valence-corrected chi connectivity index (χ3v) is 5.07. The van der Waals surface area contributed by atoms with Crippen LogP contribution in [0.3, 0.4) is 0 Å². The number of aromatic nitrogens is 1. The highest BCUT2D eigenvalue weighted by atomic mass is 16.5. The van der Waals surface area contributed by atoms with Gasteiger partial charge < -0.3 is 9.15 Å². The Balaban J connectivity index is 1.59. The van der Waals surface area contributed by atoms with Crippen LogP contribution in [0, 0.1) is 0 Å². The summed E-state index contributed by atoms with van der Waals surface area (Å²) < 4.78 is 11.0. The van der Waals surface area contributed by atoms with Crippen LogP contribution in [0.4, 0.5) is 5.69 Å². The van der Waals surface area contributed by atoms with E-state index in [4.69, 9.17) is 9.15 Å². The quantitative estimate of drug-likeness (QED) is 0.470. The lowest BCUT2D eigenvalue weighted by molar-refractivity contribution is 0.0925. The van der Waals surface area contributed by atoms with Gasteiger partial charge in [0.05, 0.1) is 34.3 Å². The van der Waals surface area contributed by atoms with E-state index in [0.717, 1.165) is 4.90 Å².